The van der Waals surface area contributed by atoms with Crippen LogP contribution in [-0.4, -0.2) is 4.98 Å². The lowest BCUT2D eigenvalue weighted by molar-refractivity contribution is 1.29. The lowest BCUT2D eigenvalue weighted by Crippen LogP contribution is -1.85. The second-order valence-corrected chi connectivity index (χ2v) is 3.59. The summed E-state index contributed by atoms with van der Waals surface area (Å²) in [5.41, 5.74) is 9.02. The predicted molar refractivity (Wildman–Crippen MR) is 50.5 cm³/mol. The Morgan fingerprint density at radius 1 is 1.45 bits per heavy atom. The Bertz CT molecular complexity index is 282. The molecule has 0 saturated carbocycles. The Balaban J connectivity index is 3.03. The van der Waals surface area contributed by atoms with Crippen molar-refractivity contribution in [3.05, 3.63) is 16.6 Å². The molecule has 11 heavy (non-hydrogen) atoms. The summed E-state index contributed by atoms with van der Waals surface area (Å²) in [6, 6.07) is 0. The van der Waals surface area contributed by atoms with Gasteiger partial charge in [-0.3, -0.25) is 0 Å². The van der Waals surface area contributed by atoms with E-state index in [1.54, 1.807) is 0 Å². The second-order valence-electron chi connectivity index (χ2n) is 2.70. The monoisotopic (exact) mass is 168 g/mol. The Morgan fingerprint density at radius 2 is 2.09 bits per heavy atom. The topological polar surface area (TPSA) is 38.9 Å². The highest BCUT2D eigenvalue weighted by atomic mass is 32.1. The molecule has 0 aliphatic carbocycles. The number of anilines is 1. The SMILES string of the molecule is CC(C)=C(C)c1csc(N)n1. The summed E-state index contributed by atoms with van der Waals surface area (Å²) in [4.78, 5) is 4.17. The van der Waals surface area contributed by atoms with Gasteiger partial charge in [0.1, 0.15) is 0 Å². The Kier molecular flexibility index (Phi) is 2.29. The smallest absolute Gasteiger partial charge is 0.180 e. The zero-order valence-corrected chi connectivity index (χ0v) is 7.83. The molecule has 0 aliphatic rings. The fourth-order valence-corrected chi connectivity index (χ4v) is 1.33. The van der Waals surface area contributed by atoms with Gasteiger partial charge in [0.25, 0.3) is 0 Å². The van der Waals surface area contributed by atoms with Gasteiger partial charge >= 0.3 is 0 Å². The van der Waals surface area contributed by atoms with Crippen LogP contribution in [0, 0.1) is 0 Å². The van der Waals surface area contributed by atoms with Gasteiger partial charge in [-0.25, -0.2) is 4.98 Å². The molecule has 0 aromatic carbocycles. The fraction of sp³-hybridized carbons (Fsp3) is 0.375. The van der Waals surface area contributed by atoms with Crippen molar-refractivity contribution < 1.29 is 0 Å². The Labute approximate surface area is 70.8 Å². The summed E-state index contributed by atoms with van der Waals surface area (Å²) in [5, 5.41) is 2.62. The van der Waals surface area contributed by atoms with E-state index in [1.165, 1.54) is 22.5 Å². The first-order valence-electron chi connectivity index (χ1n) is 3.46. The quantitative estimate of drug-likeness (QED) is 0.699. The van der Waals surface area contributed by atoms with Gasteiger partial charge in [0.15, 0.2) is 5.13 Å². The van der Waals surface area contributed by atoms with Crippen LogP contribution in [0.2, 0.25) is 0 Å². The molecular formula is C8H12N2S. The third-order valence-electron chi connectivity index (χ3n) is 1.66. The number of hydrogen-bond donors (Lipinski definition) is 1. The van der Waals surface area contributed by atoms with Crippen molar-refractivity contribution >= 4 is 22.0 Å². The molecular weight excluding hydrogens is 156 g/mol. The second kappa shape index (κ2) is 3.05. The van der Waals surface area contributed by atoms with Crippen molar-refractivity contribution in [3.8, 4) is 0 Å². The van der Waals surface area contributed by atoms with Crippen LogP contribution in [0.4, 0.5) is 5.13 Å². The molecule has 0 aliphatic heterocycles. The predicted octanol–water partition coefficient (Wildman–Crippen LogP) is 2.54. The summed E-state index contributed by atoms with van der Waals surface area (Å²) in [6.45, 7) is 6.21. The largest absolute Gasteiger partial charge is 0.375 e. The van der Waals surface area contributed by atoms with E-state index in [4.69, 9.17) is 5.73 Å². The van der Waals surface area contributed by atoms with Crippen LogP contribution in [0.3, 0.4) is 0 Å². The van der Waals surface area contributed by atoms with E-state index in [-0.39, 0.29) is 0 Å². The normalized spacial score (nSPS) is 9.73. The molecule has 0 bridgehead atoms. The first kappa shape index (κ1) is 8.27. The van der Waals surface area contributed by atoms with Crippen LogP contribution in [-0.2, 0) is 0 Å². The molecule has 1 aromatic heterocycles. The number of allylic oxidation sites excluding steroid dienone is 2. The van der Waals surface area contributed by atoms with Gasteiger partial charge < -0.3 is 5.73 Å². The van der Waals surface area contributed by atoms with Gasteiger partial charge in [-0.1, -0.05) is 5.57 Å². The summed E-state index contributed by atoms with van der Waals surface area (Å²) in [6.07, 6.45) is 0. The van der Waals surface area contributed by atoms with Crippen molar-refractivity contribution in [1.82, 2.24) is 4.98 Å². The molecule has 0 fully saturated rings. The highest BCUT2D eigenvalue weighted by molar-refractivity contribution is 7.13. The number of nitrogen functional groups attached to an aromatic ring is 1. The van der Waals surface area contributed by atoms with Gasteiger partial charge in [-0.2, -0.15) is 0 Å². The van der Waals surface area contributed by atoms with Crippen LogP contribution < -0.4 is 5.73 Å². The van der Waals surface area contributed by atoms with E-state index in [9.17, 15) is 0 Å². The first-order valence-corrected chi connectivity index (χ1v) is 4.34. The maximum absolute atomic E-state index is 5.50. The van der Waals surface area contributed by atoms with Crippen molar-refractivity contribution in [2.45, 2.75) is 20.8 Å². The molecule has 1 rings (SSSR count). The minimum Gasteiger partial charge on any atom is -0.375 e. The molecule has 60 valence electrons. The average Bonchev–Trinajstić information content (AvgIpc) is 2.34. The highest BCUT2D eigenvalue weighted by Gasteiger charge is 2.01. The molecule has 2 N–H and O–H groups in total. The minimum absolute atomic E-state index is 0.639. The van der Waals surface area contributed by atoms with Gasteiger partial charge in [-0.05, 0) is 26.3 Å². The molecule has 3 heteroatoms. The average molecular weight is 168 g/mol. The van der Waals surface area contributed by atoms with Crippen molar-refractivity contribution in [3.63, 3.8) is 0 Å². The summed E-state index contributed by atoms with van der Waals surface area (Å²) >= 11 is 1.48. The first-order chi connectivity index (χ1) is 5.11. The van der Waals surface area contributed by atoms with Crippen LogP contribution in [0.5, 0.6) is 0 Å². The van der Waals surface area contributed by atoms with Crippen molar-refractivity contribution in [1.29, 1.82) is 0 Å². The molecule has 0 unspecified atom stereocenters. The van der Waals surface area contributed by atoms with Crippen LogP contribution in [0.25, 0.3) is 5.57 Å². The van der Waals surface area contributed by atoms with Crippen LogP contribution in [0.1, 0.15) is 26.5 Å². The van der Waals surface area contributed by atoms with E-state index in [1.807, 2.05) is 5.38 Å². The third kappa shape index (κ3) is 1.80. The van der Waals surface area contributed by atoms with E-state index in [2.05, 4.69) is 25.8 Å². The van der Waals surface area contributed by atoms with Crippen LogP contribution >= 0.6 is 11.3 Å². The maximum atomic E-state index is 5.50. The van der Waals surface area contributed by atoms with Crippen LogP contribution in [0.15, 0.2) is 11.0 Å². The van der Waals surface area contributed by atoms with Gasteiger partial charge in [0, 0.05) is 5.38 Å². The Hall–Kier alpha value is -0.830. The van der Waals surface area contributed by atoms with Crippen molar-refractivity contribution in [2.75, 3.05) is 5.73 Å². The maximum Gasteiger partial charge on any atom is 0.180 e. The molecule has 0 saturated heterocycles. The van der Waals surface area contributed by atoms with Crippen molar-refractivity contribution in [2.24, 2.45) is 0 Å². The lowest BCUT2D eigenvalue weighted by Gasteiger charge is -1.96. The van der Waals surface area contributed by atoms with E-state index in [0.29, 0.717) is 5.13 Å². The number of hydrogen-bond acceptors (Lipinski definition) is 3. The lowest BCUT2D eigenvalue weighted by atomic mass is 10.1. The molecule has 0 spiro atoms. The molecule has 0 atom stereocenters. The molecule has 1 heterocycles. The number of thiazole rings is 1. The standard InChI is InChI=1S/C8H12N2S/c1-5(2)6(3)7-4-11-8(9)10-7/h4H,1-3H3,(H2,9,10). The van der Waals surface area contributed by atoms with E-state index in [0.717, 1.165) is 5.69 Å². The number of rotatable bonds is 1. The van der Waals surface area contributed by atoms with Gasteiger partial charge in [-0.15, -0.1) is 11.3 Å². The molecule has 1 aromatic rings. The fourth-order valence-electron chi connectivity index (χ4n) is 0.716. The molecule has 0 radical (unpaired) electrons. The summed E-state index contributed by atoms with van der Waals surface area (Å²) < 4.78 is 0. The third-order valence-corrected chi connectivity index (χ3v) is 2.33. The summed E-state index contributed by atoms with van der Waals surface area (Å²) in [5.74, 6) is 0. The van der Waals surface area contributed by atoms with E-state index < -0.39 is 0 Å². The zero-order valence-electron chi connectivity index (χ0n) is 7.01. The number of nitrogens with two attached hydrogens (primary N) is 1. The molecule has 2 nitrogen and oxygen atoms in total. The van der Waals surface area contributed by atoms with Gasteiger partial charge in [0.2, 0.25) is 0 Å². The number of aromatic nitrogens is 1. The van der Waals surface area contributed by atoms with Gasteiger partial charge in [0.05, 0.1) is 5.69 Å². The molecule has 0 amide bonds. The highest BCUT2D eigenvalue weighted by Crippen LogP contribution is 2.20. The van der Waals surface area contributed by atoms with E-state index >= 15 is 0 Å². The summed E-state index contributed by atoms with van der Waals surface area (Å²) in [7, 11) is 0. The Morgan fingerprint density at radius 3 is 2.45 bits per heavy atom. The number of nitrogens with zero attached hydrogens (tertiary/aromatic N) is 1. The minimum atomic E-state index is 0.639. The zero-order chi connectivity index (χ0) is 8.43.